The number of para-hydroxylation sites is 1. The zero-order chi connectivity index (χ0) is 20.9. The lowest BCUT2D eigenvalue weighted by molar-refractivity contribution is 0.959. The molecule has 6 heteroatoms. The van der Waals surface area contributed by atoms with Gasteiger partial charge >= 0.3 is 5.69 Å². The second-order valence-corrected chi connectivity index (χ2v) is 8.86. The Hall–Kier alpha value is -3.18. The minimum Gasteiger partial charge on any atom is -0.339 e. The van der Waals surface area contributed by atoms with Crippen LogP contribution >= 0.6 is 11.6 Å². The van der Waals surface area contributed by atoms with Gasteiger partial charge in [-0.25, -0.2) is 4.79 Å². The number of nitrogens with zero attached hydrogens (tertiary/aromatic N) is 3. The maximum atomic E-state index is 13.2. The maximum absolute atomic E-state index is 13.2. The van der Waals surface area contributed by atoms with E-state index in [0.717, 1.165) is 22.3 Å². The Bertz CT molecular complexity index is 1370. The van der Waals surface area contributed by atoms with E-state index in [1.807, 2.05) is 30.5 Å². The molecule has 31 heavy (non-hydrogen) atoms. The molecule has 2 aliphatic carbocycles. The fourth-order valence-electron chi connectivity index (χ4n) is 4.14. The number of anilines is 2. The Labute approximate surface area is 184 Å². The van der Waals surface area contributed by atoms with E-state index < -0.39 is 0 Å². The van der Waals surface area contributed by atoms with Gasteiger partial charge < -0.3 is 5.32 Å². The second-order valence-electron chi connectivity index (χ2n) is 8.45. The molecule has 6 rings (SSSR count). The van der Waals surface area contributed by atoms with Gasteiger partial charge in [0, 0.05) is 28.9 Å². The van der Waals surface area contributed by atoms with E-state index in [1.165, 1.54) is 31.2 Å². The largest absolute Gasteiger partial charge is 0.354 e. The van der Waals surface area contributed by atoms with Crippen LogP contribution in [0.25, 0.3) is 16.6 Å². The molecular weight excluding hydrogens is 408 g/mol. The molecule has 1 N–H and O–H groups in total. The zero-order valence-corrected chi connectivity index (χ0v) is 17.6. The number of nitrogens with one attached hydrogen (secondary N) is 1. The molecule has 2 aromatic heterocycles. The van der Waals surface area contributed by atoms with Crippen molar-refractivity contribution in [2.45, 2.75) is 37.5 Å². The molecule has 2 saturated carbocycles. The summed E-state index contributed by atoms with van der Waals surface area (Å²) in [6.45, 7) is 0. The molecule has 0 unspecified atom stereocenters. The molecule has 154 valence electrons. The molecule has 2 fully saturated rings. The molecular formula is C25H21ClN4O. The lowest BCUT2D eigenvalue weighted by Gasteiger charge is -2.16. The van der Waals surface area contributed by atoms with Crippen LogP contribution in [-0.2, 0) is 0 Å². The van der Waals surface area contributed by atoms with Crippen LogP contribution in [0.15, 0.2) is 65.6 Å². The fraction of sp³-hybridized carbons (Fsp3) is 0.240. The van der Waals surface area contributed by atoms with Crippen molar-refractivity contribution in [1.82, 2.24) is 14.5 Å². The molecule has 2 aliphatic rings. The van der Waals surface area contributed by atoms with Crippen LogP contribution in [0.1, 0.15) is 48.8 Å². The molecule has 2 aromatic carbocycles. The van der Waals surface area contributed by atoms with E-state index in [0.29, 0.717) is 28.4 Å². The van der Waals surface area contributed by atoms with Crippen LogP contribution < -0.4 is 11.0 Å². The number of pyridine rings is 1. The zero-order valence-electron chi connectivity index (χ0n) is 16.9. The van der Waals surface area contributed by atoms with Gasteiger partial charge in [0.15, 0.2) is 0 Å². The first kappa shape index (κ1) is 18.6. The number of hydrogen-bond donors (Lipinski definition) is 1. The lowest BCUT2D eigenvalue weighted by atomic mass is 10.1. The summed E-state index contributed by atoms with van der Waals surface area (Å²) in [5.41, 5.74) is 4.35. The monoisotopic (exact) mass is 428 g/mol. The van der Waals surface area contributed by atoms with E-state index >= 15 is 0 Å². The highest BCUT2D eigenvalue weighted by Crippen LogP contribution is 2.42. The summed E-state index contributed by atoms with van der Waals surface area (Å²) in [6, 6.07) is 17.7. The summed E-state index contributed by atoms with van der Waals surface area (Å²) in [4.78, 5) is 22.1. The van der Waals surface area contributed by atoms with Gasteiger partial charge in [-0.2, -0.15) is 4.98 Å². The summed E-state index contributed by atoms with van der Waals surface area (Å²) >= 11 is 6.46. The fourth-order valence-corrected chi connectivity index (χ4v) is 4.36. The van der Waals surface area contributed by atoms with Gasteiger partial charge in [0.2, 0.25) is 0 Å². The van der Waals surface area contributed by atoms with Crippen molar-refractivity contribution < 1.29 is 0 Å². The molecule has 2 heterocycles. The first-order valence-corrected chi connectivity index (χ1v) is 11.1. The molecule has 0 bridgehead atoms. The third-order valence-corrected chi connectivity index (χ3v) is 6.42. The Balaban J connectivity index is 1.53. The summed E-state index contributed by atoms with van der Waals surface area (Å²) in [7, 11) is 0. The van der Waals surface area contributed by atoms with Gasteiger partial charge in [-0.15, -0.1) is 0 Å². The maximum Gasteiger partial charge on any atom is 0.354 e. The van der Waals surface area contributed by atoms with Crippen LogP contribution in [0.4, 0.5) is 11.5 Å². The van der Waals surface area contributed by atoms with Crippen molar-refractivity contribution in [1.29, 1.82) is 0 Å². The van der Waals surface area contributed by atoms with E-state index in [1.54, 1.807) is 10.6 Å². The van der Waals surface area contributed by atoms with Gasteiger partial charge in [-0.3, -0.25) is 9.55 Å². The number of benzene rings is 2. The van der Waals surface area contributed by atoms with Gasteiger partial charge in [-0.1, -0.05) is 29.8 Å². The minimum absolute atomic E-state index is 0.354. The molecule has 0 saturated heterocycles. The predicted octanol–water partition coefficient (Wildman–Crippen LogP) is 5.93. The quantitative estimate of drug-likeness (QED) is 0.427. The number of halogens is 1. The highest BCUT2D eigenvalue weighted by Gasteiger charge is 2.26. The van der Waals surface area contributed by atoms with Crippen molar-refractivity contribution in [2.75, 3.05) is 5.32 Å². The van der Waals surface area contributed by atoms with Crippen LogP contribution in [0, 0.1) is 0 Å². The Morgan fingerprint density at radius 2 is 1.77 bits per heavy atom. The summed E-state index contributed by atoms with van der Waals surface area (Å²) in [6.07, 6.45) is 6.58. The van der Waals surface area contributed by atoms with Crippen molar-refractivity contribution in [3.63, 3.8) is 0 Å². The van der Waals surface area contributed by atoms with E-state index in [4.69, 9.17) is 11.6 Å². The smallest absolute Gasteiger partial charge is 0.339 e. The minimum atomic E-state index is -0.354. The van der Waals surface area contributed by atoms with Crippen molar-refractivity contribution in [3.05, 3.63) is 87.6 Å². The Kier molecular flexibility index (Phi) is 4.32. The van der Waals surface area contributed by atoms with Gasteiger partial charge in [-0.05, 0) is 73.6 Å². The SMILES string of the molecule is O=c1nc(Nc2ccnc(C3CC3)c2)c2ccc(C3CC3)cc2n1-c1ccccc1Cl. The average molecular weight is 429 g/mol. The molecule has 0 amide bonds. The lowest BCUT2D eigenvalue weighted by Crippen LogP contribution is -2.23. The van der Waals surface area contributed by atoms with Gasteiger partial charge in [0.05, 0.1) is 16.2 Å². The number of aromatic nitrogens is 3. The topological polar surface area (TPSA) is 59.8 Å². The van der Waals surface area contributed by atoms with Crippen LogP contribution in [-0.4, -0.2) is 14.5 Å². The van der Waals surface area contributed by atoms with E-state index in [-0.39, 0.29) is 5.69 Å². The molecule has 0 spiro atoms. The number of fused-ring (bicyclic) bond motifs is 1. The summed E-state index contributed by atoms with van der Waals surface area (Å²) in [5, 5.41) is 4.78. The number of rotatable bonds is 5. The Morgan fingerprint density at radius 1 is 0.968 bits per heavy atom. The van der Waals surface area contributed by atoms with Gasteiger partial charge in [0.1, 0.15) is 5.82 Å². The molecule has 0 aliphatic heterocycles. The Morgan fingerprint density at radius 3 is 2.55 bits per heavy atom. The van der Waals surface area contributed by atoms with Gasteiger partial charge in [0.25, 0.3) is 0 Å². The normalized spacial score (nSPS) is 15.9. The summed E-state index contributed by atoms with van der Waals surface area (Å²) in [5.74, 6) is 1.68. The third-order valence-electron chi connectivity index (χ3n) is 6.10. The molecule has 0 atom stereocenters. The van der Waals surface area contributed by atoms with Crippen LogP contribution in [0.2, 0.25) is 5.02 Å². The van der Waals surface area contributed by atoms with Crippen LogP contribution in [0.5, 0.6) is 0 Å². The molecule has 4 aromatic rings. The predicted molar refractivity (Wildman–Crippen MR) is 124 cm³/mol. The van der Waals surface area contributed by atoms with E-state index in [9.17, 15) is 4.79 Å². The third kappa shape index (κ3) is 3.49. The average Bonchev–Trinajstić information content (AvgIpc) is 3.68. The number of hydrogen-bond acceptors (Lipinski definition) is 4. The summed E-state index contributed by atoms with van der Waals surface area (Å²) < 4.78 is 1.62. The second kappa shape index (κ2) is 7.20. The first-order chi connectivity index (χ1) is 15.2. The molecule has 0 radical (unpaired) electrons. The standard InChI is InChI=1S/C25H21ClN4O/c26-20-3-1-2-4-22(20)30-23-13-17(15-5-6-15)9-10-19(23)24(29-25(30)31)28-18-11-12-27-21(14-18)16-7-8-16/h1-4,9-16H,5-8H2,(H,27,28,29,31). The first-order valence-electron chi connectivity index (χ1n) is 10.7. The van der Waals surface area contributed by atoms with Crippen molar-refractivity contribution >= 4 is 34.0 Å². The van der Waals surface area contributed by atoms with Crippen molar-refractivity contribution in [2.24, 2.45) is 0 Å². The highest BCUT2D eigenvalue weighted by molar-refractivity contribution is 6.32. The van der Waals surface area contributed by atoms with Crippen molar-refractivity contribution in [3.8, 4) is 5.69 Å². The van der Waals surface area contributed by atoms with Crippen LogP contribution in [0.3, 0.4) is 0 Å². The highest BCUT2D eigenvalue weighted by atomic mass is 35.5. The van der Waals surface area contributed by atoms with E-state index in [2.05, 4.69) is 39.6 Å². The molecule has 5 nitrogen and oxygen atoms in total.